The number of anilines is 1. The number of hydrogen-bond donors (Lipinski definition) is 0. The minimum absolute atomic E-state index is 0.0348. The topological polar surface area (TPSA) is 51.7 Å². The molecule has 0 spiro atoms. The second kappa shape index (κ2) is 7.62. The molecule has 0 aliphatic carbocycles. The van der Waals surface area contributed by atoms with Crippen molar-refractivity contribution in [3.05, 3.63) is 53.8 Å². The highest BCUT2D eigenvalue weighted by atomic mass is 32.1. The molecule has 0 saturated carbocycles. The van der Waals surface area contributed by atoms with Crippen LogP contribution < -0.4 is 9.64 Å². The normalized spacial score (nSPS) is 16.6. The first-order valence-corrected chi connectivity index (χ1v) is 9.60. The largest absolute Gasteiger partial charge is 0.496 e. The van der Waals surface area contributed by atoms with Gasteiger partial charge in [-0.3, -0.25) is 9.69 Å². The summed E-state index contributed by atoms with van der Waals surface area (Å²) in [7, 11) is 1.54. The van der Waals surface area contributed by atoms with Crippen LogP contribution in [0.15, 0.2) is 42.5 Å². The molecule has 5 nitrogen and oxygen atoms in total. The van der Waals surface area contributed by atoms with Gasteiger partial charge in [-0.05, 0) is 43.2 Å². The number of benzene rings is 2. The van der Waals surface area contributed by atoms with Crippen LogP contribution in [0.4, 0.5) is 9.52 Å². The van der Waals surface area contributed by atoms with E-state index < -0.39 is 0 Å². The number of halogens is 1. The smallest absolute Gasteiger partial charge is 0.263 e. The van der Waals surface area contributed by atoms with Gasteiger partial charge in [0.1, 0.15) is 11.6 Å². The van der Waals surface area contributed by atoms with Gasteiger partial charge in [-0.15, -0.1) is 0 Å². The Hall–Kier alpha value is -2.51. The Morgan fingerprint density at radius 1 is 1.37 bits per heavy atom. The summed E-state index contributed by atoms with van der Waals surface area (Å²) in [5, 5.41) is 0.530. The zero-order valence-corrected chi connectivity index (χ0v) is 15.7. The molecule has 1 unspecified atom stereocenters. The van der Waals surface area contributed by atoms with E-state index >= 15 is 0 Å². The molecule has 1 aromatic heterocycles. The van der Waals surface area contributed by atoms with E-state index in [1.165, 1.54) is 30.6 Å². The molecule has 2 heterocycles. The van der Waals surface area contributed by atoms with Crippen LogP contribution in [0.3, 0.4) is 0 Å². The summed E-state index contributed by atoms with van der Waals surface area (Å²) >= 11 is 1.30. The van der Waals surface area contributed by atoms with E-state index in [0.29, 0.717) is 39.8 Å². The fraction of sp³-hybridized carbons (Fsp3) is 0.300. The second-order valence-corrected chi connectivity index (χ2v) is 7.37. The number of ether oxygens (including phenoxy) is 2. The number of methoxy groups -OCH3 is 1. The van der Waals surface area contributed by atoms with E-state index in [0.717, 1.165) is 12.8 Å². The van der Waals surface area contributed by atoms with E-state index in [1.807, 2.05) is 6.07 Å². The van der Waals surface area contributed by atoms with Gasteiger partial charge in [-0.2, -0.15) is 0 Å². The molecule has 1 atom stereocenters. The number of amides is 1. The van der Waals surface area contributed by atoms with Crippen LogP contribution in [0.5, 0.6) is 5.75 Å². The quantitative estimate of drug-likeness (QED) is 0.657. The fourth-order valence-corrected chi connectivity index (χ4v) is 4.21. The first-order valence-electron chi connectivity index (χ1n) is 8.78. The minimum Gasteiger partial charge on any atom is -0.496 e. The highest BCUT2D eigenvalue weighted by molar-refractivity contribution is 7.22. The zero-order chi connectivity index (χ0) is 18.8. The lowest BCUT2D eigenvalue weighted by molar-refractivity contribution is 0.0915. The summed E-state index contributed by atoms with van der Waals surface area (Å²) in [6.45, 7) is 1.10. The molecule has 4 rings (SSSR count). The molecule has 2 aromatic carbocycles. The predicted molar refractivity (Wildman–Crippen MR) is 103 cm³/mol. The summed E-state index contributed by atoms with van der Waals surface area (Å²) in [5.41, 5.74) is 1.13. The van der Waals surface area contributed by atoms with E-state index in [4.69, 9.17) is 9.47 Å². The summed E-state index contributed by atoms with van der Waals surface area (Å²) < 4.78 is 25.3. The Bertz CT molecular complexity index is 969. The van der Waals surface area contributed by atoms with Crippen LogP contribution in [0.25, 0.3) is 10.2 Å². The molecule has 1 amide bonds. The lowest BCUT2D eigenvalue weighted by Crippen LogP contribution is -2.37. The fourth-order valence-electron chi connectivity index (χ4n) is 3.21. The van der Waals surface area contributed by atoms with Crippen molar-refractivity contribution in [1.82, 2.24) is 4.98 Å². The van der Waals surface area contributed by atoms with Crippen molar-refractivity contribution in [1.29, 1.82) is 0 Å². The Labute approximate surface area is 160 Å². The van der Waals surface area contributed by atoms with Crippen molar-refractivity contribution in [2.24, 2.45) is 0 Å². The average molecular weight is 386 g/mol. The number of hydrogen-bond acceptors (Lipinski definition) is 5. The third-order valence-electron chi connectivity index (χ3n) is 4.56. The molecule has 3 aromatic rings. The summed E-state index contributed by atoms with van der Waals surface area (Å²) in [6.07, 6.45) is 1.84. The lowest BCUT2D eigenvalue weighted by atomic mass is 10.1. The van der Waals surface area contributed by atoms with Crippen molar-refractivity contribution in [2.45, 2.75) is 18.9 Å². The molecular formula is C20H19FN2O3S. The monoisotopic (exact) mass is 386 g/mol. The van der Waals surface area contributed by atoms with E-state index in [9.17, 15) is 9.18 Å². The van der Waals surface area contributed by atoms with E-state index in [-0.39, 0.29) is 17.8 Å². The number of para-hydroxylation sites is 1. The Kier molecular flexibility index (Phi) is 5.05. The third-order valence-corrected chi connectivity index (χ3v) is 5.60. The van der Waals surface area contributed by atoms with Crippen molar-refractivity contribution in [3.63, 3.8) is 0 Å². The first kappa shape index (κ1) is 17.9. The maximum Gasteiger partial charge on any atom is 0.263 e. The predicted octanol–water partition coefficient (Wildman–Crippen LogP) is 4.27. The molecule has 1 aliphatic heterocycles. The molecule has 0 N–H and O–H groups in total. The van der Waals surface area contributed by atoms with Crippen LogP contribution in [0.2, 0.25) is 0 Å². The van der Waals surface area contributed by atoms with Gasteiger partial charge < -0.3 is 9.47 Å². The van der Waals surface area contributed by atoms with Gasteiger partial charge in [0, 0.05) is 6.61 Å². The molecule has 1 fully saturated rings. The number of rotatable bonds is 5. The Morgan fingerprint density at radius 2 is 2.22 bits per heavy atom. The standard InChI is InChI=1S/C20H19FN2O3S/c1-25-17-7-3-2-6-15(17)19(24)23(12-14-5-4-10-26-14)20-22-16-9-8-13(21)11-18(16)27-20/h2-3,6-9,11,14H,4-5,10,12H2,1H3. The number of nitrogens with zero attached hydrogens (tertiary/aromatic N) is 2. The molecule has 7 heteroatoms. The SMILES string of the molecule is COc1ccccc1C(=O)N(CC1CCCO1)c1nc2ccc(F)cc2s1. The molecule has 1 saturated heterocycles. The summed E-state index contributed by atoms with van der Waals surface area (Å²) in [4.78, 5) is 19.5. The molecule has 0 radical (unpaired) electrons. The average Bonchev–Trinajstić information content (AvgIpc) is 3.34. The van der Waals surface area contributed by atoms with Crippen molar-refractivity contribution < 1.29 is 18.7 Å². The summed E-state index contributed by atoms with van der Waals surface area (Å²) in [5.74, 6) is -0.0195. The Morgan fingerprint density at radius 3 is 3.00 bits per heavy atom. The third kappa shape index (κ3) is 3.65. The second-order valence-electron chi connectivity index (χ2n) is 6.36. The molecule has 27 heavy (non-hydrogen) atoms. The highest BCUT2D eigenvalue weighted by Crippen LogP contribution is 2.32. The van der Waals surface area contributed by atoms with Gasteiger partial charge in [0.2, 0.25) is 0 Å². The van der Waals surface area contributed by atoms with Crippen molar-refractivity contribution >= 4 is 32.6 Å². The van der Waals surface area contributed by atoms with Gasteiger partial charge in [-0.1, -0.05) is 23.5 Å². The number of thiazole rings is 1. The zero-order valence-electron chi connectivity index (χ0n) is 14.9. The number of carbonyl (C=O) groups is 1. The van der Waals surface area contributed by atoms with Crippen LogP contribution in [0, 0.1) is 5.82 Å². The maximum atomic E-state index is 13.6. The van der Waals surface area contributed by atoms with E-state index in [1.54, 1.807) is 29.2 Å². The van der Waals surface area contributed by atoms with Crippen molar-refractivity contribution in [2.75, 3.05) is 25.2 Å². The maximum absolute atomic E-state index is 13.6. The van der Waals surface area contributed by atoms with Gasteiger partial charge in [-0.25, -0.2) is 9.37 Å². The highest BCUT2D eigenvalue weighted by Gasteiger charge is 2.28. The molecule has 0 bridgehead atoms. The van der Waals surface area contributed by atoms with Gasteiger partial charge >= 0.3 is 0 Å². The number of fused-ring (bicyclic) bond motifs is 1. The van der Waals surface area contributed by atoms with Gasteiger partial charge in [0.05, 0.1) is 35.5 Å². The number of carbonyl (C=O) groups excluding carboxylic acids is 1. The minimum atomic E-state index is -0.320. The van der Waals surface area contributed by atoms with Gasteiger partial charge in [0.25, 0.3) is 5.91 Å². The van der Waals surface area contributed by atoms with Crippen LogP contribution >= 0.6 is 11.3 Å². The molecule has 1 aliphatic rings. The lowest BCUT2D eigenvalue weighted by Gasteiger charge is -2.23. The van der Waals surface area contributed by atoms with Crippen LogP contribution in [-0.2, 0) is 4.74 Å². The molecule has 140 valence electrons. The first-order chi connectivity index (χ1) is 13.2. The van der Waals surface area contributed by atoms with Crippen molar-refractivity contribution in [3.8, 4) is 5.75 Å². The Balaban J connectivity index is 1.74. The van der Waals surface area contributed by atoms with Gasteiger partial charge in [0.15, 0.2) is 5.13 Å². The molecular weight excluding hydrogens is 367 g/mol. The van der Waals surface area contributed by atoms with Crippen LogP contribution in [-0.4, -0.2) is 37.3 Å². The van der Waals surface area contributed by atoms with Crippen LogP contribution in [0.1, 0.15) is 23.2 Å². The van der Waals surface area contributed by atoms with E-state index in [2.05, 4.69) is 4.98 Å². The number of aromatic nitrogens is 1. The summed E-state index contributed by atoms with van der Waals surface area (Å²) in [6, 6.07) is 11.5.